The second-order valence-electron chi connectivity index (χ2n) is 5.16. The van der Waals surface area contributed by atoms with Gasteiger partial charge in [-0.15, -0.1) is 10.2 Å². The first-order valence-corrected chi connectivity index (χ1v) is 6.90. The third-order valence-electron chi connectivity index (χ3n) is 3.32. The molecule has 1 unspecified atom stereocenters. The van der Waals surface area contributed by atoms with E-state index in [1.165, 1.54) is 6.39 Å². The molecule has 0 aliphatic rings. The third-order valence-corrected chi connectivity index (χ3v) is 3.32. The van der Waals surface area contributed by atoms with Gasteiger partial charge >= 0.3 is 0 Å². The number of rotatable bonds is 6. The monoisotopic (exact) mass is 289 g/mol. The van der Waals surface area contributed by atoms with Crippen molar-refractivity contribution in [3.8, 4) is 11.5 Å². The molecule has 0 spiro atoms. The topological polar surface area (TPSA) is 88.2 Å². The van der Waals surface area contributed by atoms with E-state index in [1.54, 1.807) is 24.3 Å². The van der Waals surface area contributed by atoms with Crippen LogP contribution in [0.25, 0.3) is 11.5 Å². The fourth-order valence-electron chi connectivity index (χ4n) is 2.03. The van der Waals surface area contributed by atoms with Crippen LogP contribution in [0, 0.1) is 5.92 Å². The third kappa shape index (κ3) is 3.88. The second-order valence-corrected chi connectivity index (χ2v) is 5.16. The molecule has 0 fully saturated rings. The van der Waals surface area contributed by atoms with E-state index in [-0.39, 0.29) is 24.5 Å². The molecule has 1 aromatic carbocycles. The van der Waals surface area contributed by atoms with Crippen LogP contribution in [0.2, 0.25) is 0 Å². The van der Waals surface area contributed by atoms with Crippen molar-refractivity contribution >= 4 is 5.91 Å². The van der Waals surface area contributed by atoms with Crippen molar-refractivity contribution in [3.05, 3.63) is 36.2 Å². The maximum Gasteiger partial charge on any atom is 0.251 e. The second kappa shape index (κ2) is 6.99. The van der Waals surface area contributed by atoms with Crippen LogP contribution in [0.1, 0.15) is 30.6 Å². The van der Waals surface area contributed by atoms with E-state index in [0.29, 0.717) is 17.9 Å². The molecule has 6 heteroatoms. The average molecular weight is 289 g/mol. The molecule has 1 amide bonds. The lowest BCUT2D eigenvalue weighted by Crippen LogP contribution is -2.39. The van der Waals surface area contributed by atoms with Gasteiger partial charge in [0.05, 0.1) is 0 Å². The van der Waals surface area contributed by atoms with Crippen molar-refractivity contribution < 1.29 is 14.3 Å². The highest BCUT2D eigenvalue weighted by Crippen LogP contribution is 2.17. The van der Waals surface area contributed by atoms with Crippen LogP contribution in [0.5, 0.6) is 0 Å². The molecule has 21 heavy (non-hydrogen) atoms. The number of nitrogens with one attached hydrogen (secondary N) is 1. The van der Waals surface area contributed by atoms with Gasteiger partial charge in [-0.3, -0.25) is 4.79 Å². The van der Waals surface area contributed by atoms with Crippen LogP contribution in [0.15, 0.2) is 35.1 Å². The Morgan fingerprint density at radius 2 is 2.05 bits per heavy atom. The van der Waals surface area contributed by atoms with Crippen molar-refractivity contribution in [1.29, 1.82) is 0 Å². The van der Waals surface area contributed by atoms with Crippen LogP contribution in [-0.4, -0.2) is 33.9 Å². The number of nitrogens with zero attached hydrogens (tertiary/aromatic N) is 2. The Labute approximate surface area is 123 Å². The van der Waals surface area contributed by atoms with E-state index in [1.807, 2.05) is 13.8 Å². The Bertz CT molecular complexity index is 564. The summed E-state index contributed by atoms with van der Waals surface area (Å²) in [5.41, 5.74) is 1.32. The lowest BCUT2D eigenvalue weighted by molar-refractivity contribution is 0.0916. The summed E-state index contributed by atoms with van der Waals surface area (Å²) in [7, 11) is 0. The van der Waals surface area contributed by atoms with Gasteiger partial charge < -0.3 is 14.8 Å². The highest BCUT2D eigenvalue weighted by Gasteiger charge is 2.16. The van der Waals surface area contributed by atoms with Gasteiger partial charge in [-0.2, -0.15) is 0 Å². The van der Waals surface area contributed by atoms with Crippen molar-refractivity contribution in [3.63, 3.8) is 0 Å². The Hall–Kier alpha value is -2.21. The molecule has 0 saturated heterocycles. The van der Waals surface area contributed by atoms with E-state index >= 15 is 0 Å². The predicted molar refractivity (Wildman–Crippen MR) is 77.5 cm³/mol. The molecule has 2 N–H and O–H groups in total. The number of hydrogen-bond acceptors (Lipinski definition) is 5. The number of carbonyl (C=O) groups excluding carboxylic acids is 1. The lowest BCUT2D eigenvalue weighted by atomic mass is 10.0. The Morgan fingerprint density at radius 1 is 1.33 bits per heavy atom. The average Bonchev–Trinajstić information content (AvgIpc) is 3.01. The Kier molecular flexibility index (Phi) is 5.05. The van der Waals surface area contributed by atoms with Crippen LogP contribution < -0.4 is 5.32 Å². The zero-order chi connectivity index (χ0) is 15.2. The largest absolute Gasteiger partial charge is 0.423 e. The number of carbonyl (C=O) groups is 1. The summed E-state index contributed by atoms with van der Waals surface area (Å²) in [4.78, 5) is 12.2. The molecule has 0 radical (unpaired) electrons. The molecule has 0 aliphatic heterocycles. The van der Waals surface area contributed by atoms with Crippen molar-refractivity contribution in [1.82, 2.24) is 15.5 Å². The lowest BCUT2D eigenvalue weighted by Gasteiger charge is -2.21. The maximum absolute atomic E-state index is 12.2. The van der Waals surface area contributed by atoms with Gasteiger partial charge in [0, 0.05) is 23.8 Å². The smallest absolute Gasteiger partial charge is 0.251 e. The Balaban J connectivity index is 2.06. The molecule has 112 valence electrons. The zero-order valence-corrected chi connectivity index (χ0v) is 12.1. The minimum atomic E-state index is -0.153. The SMILES string of the molecule is CC(C)C(CCO)NC(=O)c1ccc(-c2nnco2)cc1. The number of aliphatic hydroxyl groups is 1. The first-order valence-electron chi connectivity index (χ1n) is 6.90. The molecule has 0 bridgehead atoms. The first kappa shape index (κ1) is 15.2. The first-order chi connectivity index (χ1) is 10.1. The molecule has 1 aromatic heterocycles. The van der Waals surface area contributed by atoms with E-state index in [0.717, 1.165) is 5.56 Å². The van der Waals surface area contributed by atoms with Crippen LogP contribution >= 0.6 is 0 Å². The van der Waals surface area contributed by atoms with Crippen LogP contribution in [0.3, 0.4) is 0 Å². The number of benzene rings is 1. The van der Waals surface area contributed by atoms with E-state index in [9.17, 15) is 4.79 Å². The van der Waals surface area contributed by atoms with Crippen LogP contribution in [0.4, 0.5) is 0 Å². The standard InChI is InChI=1S/C15H19N3O3/c1-10(2)13(7-8-19)17-14(20)11-3-5-12(6-4-11)15-18-16-9-21-15/h3-6,9-10,13,19H,7-8H2,1-2H3,(H,17,20). The van der Waals surface area contributed by atoms with Gasteiger partial charge in [0.15, 0.2) is 0 Å². The number of hydrogen-bond donors (Lipinski definition) is 2. The molecule has 6 nitrogen and oxygen atoms in total. The van der Waals surface area contributed by atoms with Gasteiger partial charge in [-0.25, -0.2) is 0 Å². The summed E-state index contributed by atoms with van der Waals surface area (Å²) in [6.45, 7) is 4.08. The van der Waals surface area contributed by atoms with E-state index in [2.05, 4.69) is 15.5 Å². The molecular formula is C15H19N3O3. The quantitative estimate of drug-likeness (QED) is 0.847. The van der Waals surface area contributed by atoms with Gasteiger partial charge in [0.1, 0.15) is 0 Å². The summed E-state index contributed by atoms with van der Waals surface area (Å²) in [5, 5.41) is 19.4. The normalized spacial score (nSPS) is 12.4. The molecule has 0 saturated carbocycles. The predicted octanol–water partition coefficient (Wildman–Crippen LogP) is 1.87. The molecule has 1 heterocycles. The fourth-order valence-corrected chi connectivity index (χ4v) is 2.03. The Morgan fingerprint density at radius 3 is 2.57 bits per heavy atom. The fraction of sp³-hybridized carbons (Fsp3) is 0.400. The van der Waals surface area contributed by atoms with Gasteiger partial charge in [0.25, 0.3) is 5.91 Å². The van der Waals surface area contributed by atoms with Crippen molar-refractivity contribution in [2.45, 2.75) is 26.3 Å². The van der Waals surface area contributed by atoms with E-state index in [4.69, 9.17) is 9.52 Å². The number of aromatic nitrogens is 2. The molecular weight excluding hydrogens is 270 g/mol. The summed E-state index contributed by atoms with van der Waals surface area (Å²) in [5.74, 6) is 0.528. The number of aliphatic hydroxyl groups excluding tert-OH is 1. The minimum Gasteiger partial charge on any atom is -0.423 e. The molecule has 2 aromatic rings. The minimum absolute atomic E-state index is 0.0434. The molecule has 1 atom stereocenters. The molecule has 0 aliphatic carbocycles. The van der Waals surface area contributed by atoms with Crippen molar-refractivity contribution in [2.75, 3.05) is 6.61 Å². The van der Waals surface area contributed by atoms with Gasteiger partial charge in [0.2, 0.25) is 12.3 Å². The highest BCUT2D eigenvalue weighted by molar-refractivity contribution is 5.94. The van der Waals surface area contributed by atoms with E-state index < -0.39 is 0 Å². The van der Waals surface area contributed by atoms with Gasteiger partial charge in [-0.05, 0) is 36.6 Å². The summed E-state index contributed by atoms with van der Waals surface area (Å²) >= 11 is 0. The molecule has 2 rings (SSSR count). The maximum atomic E-state index is 12.2. The van der Waals surface area contributed by atoms with Crippen molar-refractivity contribution in [2.24, 2.45) is 5.92 Å². The highest BCUT2D eigenvalue weighted by atomic mass is 16.4. The summed E-state index contributed by atoms with van der Waals surface area (Å²) in [6, 6.07) is 6.91. The van der Waals surface area contributed by atoms with Crippen LogP contribution in [-0.2, 0) is 0 Å². The summed E-state index contributed by atoms with van der Waals surface area (Å²) in [6.07, 6.45) is 1.81. The number of amides is 1. The zero-order valence-electron chi connectivity index (χ0n) is 12.1. The summed E-state index contributed by atoms with van der Waals surface area (Å²) < 4.78 is 5.10. The van der Waals surface area contributed by atoms with Gasteiger partial charge in [-0.1, -0.05) is 13.8 Å².